The van der Waals surface area contributed by atoms with E-state index < -0.39 is 0 Å². The van der Waals surface area contributed by atoms with E-state index in [0.29, 0.717) is 15.1 Å². The van der Waals surface area contributed by atoms with Crippen LogP contribution in [0.2, 0.25) is 15.1 Å². The van der Waals surface area contributed by atoms with Crippen molar-refractivity contribution in [3.8, 4) is 33.4 Å². The third-order valence-electron chi connectivity index (χ3n) is 9.24. The molecule has 256 valence electrons. The van der Waals surface area contributed by atoms with Crippen LogP contribution in [0.15, 0.2) is 200 Å². The Balaban J connectivity index is 1.37. The van der Waals surface area contributed by atoms with Crippen LogP contribution in [-0.4, -0.2) is 0 Å². The van der Waals surface area contributed by atoms with E-state index in [2.05, 4.69) is 107 Å². The molecule has 0 atom stereocenters. The van der Waals surface area contributed by atoms with Gasteiger partial charge >= 0.3 is 0 Å². The summed E-state index contributed by atoms with van der Waals surface area (Å²) in [5, 5.41) is 1.72. The van der Waals surface area contributed by atoms with Crippen LogP contribution in [0.1, 0.15) is 0 Å². The Labute approximate surface area is 325 Å². The number of rotatable bonds is 9. The smallest absolute Gasteiger partial charge is 0.0887 e. The summed E-state index contributed by atoms with van der Waals surface area (Å²) in [6.45, 7) is 0. The Kier molecular flexibility index (Phi) is 10.0. The molecular formula is C48H33Cl3N2. The van der Waals surface area contributed by atoms with Gasteiger partial charge in [0.2, 0.25) is 0 Å². The molecule has 8 aromatic rings. The first kappa shape index (κ1) is 34.3. The molecule has 0 spiro atoms. The lowest BCUT2D eigenvalue weighted by atomic mass is 10.0. The zero-order valence-electron chi connectivity index (χ0n) is 28.6. The number of benzene rings is 8. The Morgan fingerprint density at radius 2 is 0.585 bits per heavy atom. The van der Waals surface area contributed by atoms with Crippen LogP contribution < -0.4 is 9.80 Å². The van der Waals surface area contributed by atoms with Gasteiger partial charge in [0.05, 0.1) is 37.8 Å². The molecule has 0 aromatic heterocycles. The topological polar surface area (TPSA) is 6.48 Å². The molecule has 0 radical (unpaired) electrons. The Hall–Kier alpha value is -5.77. The first-order chi connectivity index (χ1) is 26.0. The largest absolute Gasteiger partial charge is 0.307 e. The van der Waals surface area contributed by atoms with E-state index in [0.717, 1.165) is 67.5 Å². The minimum Gasteiger partial charge on any atom is -0.307 e. The molecule has 0 aliphatic rings. The summed E-state index contributed by atoms with van der Waals surface area (Å²) in [4.78, 5) is 4.28. The molecule has 0 fully saturated rings. The van der Waals surface area contributed by atoms with Gasteiger partial charge in [0.15, 0.2) is 0 Å². The van der Waals surface area contributed by atoms with Crippen LogP contribution in [-0.2, 0) is 0 Å². The average Bonchev–Trinajstić information content (AvgIpc) is 3.22. The molecule has 0 saturated heterocycles. The van der Waals surface area contributed by atoms with Gasteiger partial charge in [-0.3, -0.25) is 0 Å². The molecule has 0 saturated carbocycles. The summed E-state index contributed by atoms with van der Waals surface area (Å²) in [6, 6.07) is 67.9. The van der Waals surface area contributed by atoms with Crippen molar-refractivity contribution < 1.29 is 0 Å². The number of anilines is 6. The highest BCUT2D eigenvalue weighted by Gasteiger charge is 2.26. The van der Waals surface area contributed by atoms with Gasteiger partial charge in [0, 0.05) is 11.4 Å². The Bertz CT molecular complexity index is 2320. The van der Waals surface area contributed by atoms with Crippen LogP contribution >= 0.6 is 34.8 Å². The predicted molar refractivity (Wildman–Crippen MR) is 227 cm³/mol. The first-order valence-corrected chi connectivity index (χ1v) is 18.5. The second-order valence-electron chi connectivity index (χ2n) is 12.6. The summed E-state index contributed by atoms with van der Waals surface area (Å²) in [7, 11) is 0. The number of hydrogen-bond acceptors (Lipinski definition) is 2. The minimum atomic E-state index is 0.531. The van der Waals surface area contributed by atoms with Gasteiger partial charge in [-0.2, -0.15) is 0 Å². The molecule has 53 heavy (non-hydrogen) atoms. The molecule has 0 aliphatic carbocycles. The van der Waals surface area contributed by atoms with E-state index in [1.807, 2.05) is 103 Å². The van der Waals surface area contributed by atoms with Gasteiger partial charge in [0.1, 0.15) is 0 Å². The maximum atomic E-state index is 7.75. The number of halogens is 3. The summed E-state index contributed by atoms with van der Waals surface area (Å²) >= 11 is 22.2. The summed E-state index contributed by atoms with van der Waals surface area (Å²) in [5.74, 6) is 0. The van der Waals surface area contributed by atoms with Crippen LogP contribution in [0.3, 0.4) is 0 Å². The molecule has 0 aliphatic heterocycles. The molecular weight excluding hydrogens is 711 g/mol. The van der Waals surface area contributed by atoms with E-state index in [4.69, 9.17) is 34.8 Å². The van der Waals surface area contributed by atoms with Crippen LogP contribution in [0, 0.1) is 0 Å². The normalized spacial score (nSPS) is 10.9. The van der Waals surface area contributed by atoms with Gasteiger partial charge in [-0.1, -0.05) is 174 Å². The van der Waals surface area contributed by atoms with Crippen LogP contribution in [0.25, 0.3) is 33.4 Å². The zero-order valence-corrected chi connectivity index (χ0v) is 30.8. The highest BCUT2D eigenvalue weighted by molar-refractivity contribution is 6.38. The van der Waals surface area contributed by atoms with Gasteiger partial charge in [0.25, 0.3) is 0 Å². The number of para-hydroxylation sites is 2. The molecule has 8 aromatic carbocycles. The van der Waals surface area contributed by atoms with Crippen molar-refractivity contribution in [1.29, 1.82) is 0 Å². The second kappa shape index (κ2) is 15.5. The van der Waals surface area contributed by atoms with Crippen molar-refractivity contribution in [1.82, 2.24) is 0 Å². The molecule has 0 heterocycles. The quantitative estimate of drug-likeness (QED) is 0.145. The van der Waals surface area contributed by atoms with E-state index >= 15 is 0 Å². The number of hydrogen-bond donors (Lipinski definition) is 0. The monoisotopic (exact) mass is 742 g/mol. The molecule has 0 N–H and O–H groups in total. The molecule has 5 heteroatoms. The van der Waals surface area contributed by atoms with Crippen molar-refractivity contribution in [2.45, 2.75) is 0 Å². The average molecular weight is 744 g/mol. The van der Waals surface area contributed by atoms with Crippen LogP contribution in [0.5, 0.6) is 0 Å². The fourth-order valence-corrected chi connectivity index (χ4v) is 7.49. The lowest BCUT2D eigenvalue weighted by Crippen LogP contribution is -2.15. The fraction of sp³-hybridized carbons (Fsp3) is 0. The van der Waals surface area contributed by atoms with Gasteiger partial charge in [-0.15, -0.1) is 0 Å². The van der Waals surface area contributed by atoms with Crippen molar-refractivity contribution in [3.63, 3.8) is 0 Å². The first-order valence-electron chi connectivity index (χ1n) is 17.3. The van der Waals surface area contributed by atoms with E-state index in [1.165, 1.54) is 0 Å². The van der Waals surface area contributed by atoms with Crippen molar-refractivity contribution >= 4 is 68.9 Å². The SMILES string of the molecule is Clc1cc(-c2ccccc2)ccc1N(c1ccccc1)c1cc(-c2ccccc2)cc(N(c2ccccc2)c2ccc(-c3ccccc3)cc2Cl)c1Cl. The van der Waals surface area contributed by atoms with E-state index in [-0.39, 0.29) is 0 Å². The maximum Gasteiger partial charge on any atom is 0.0887 e. The molecule has 0 amide bonds. The lowest BCUT2D eigenvalue weighted by Gasteiger charge is -2.32. The second-order valence-corrected chi connectivity index (χ2v) is 13.8. The Morgan fingerprint density at radius 3 is 0.925 bits per heavy atom. The third kappa shape index (κ3) is 7.18. The van der Waals surface area contributed by atoms with Crippen molar-refractivity contribution in [2.24, 2.45) is 0 Å². The summed E-state index contributed by atoms with van der Waals surface area (Å²) in [6.07, 6.45) is 0. The summed E-state index contributed by atoms with van der Waals surface area (Å²) < 4.78 is 0. The van der Waals surface area contributed by atoms with Gasteiger partial charge in [-0.05, 0) is 94.0 Å². The molecule has 8 rings (SSSR count). The van der Waals surface area contributed by atoms with Crippen LogP contribution in [0.4, 0.5) is 34.1 Å². The van der Waals surface area contributed by atoms with Gasteiger partial charge < -0.3 is 9.80 Å². The van der Waals surface area contributed by atoms with Crippen molar-refractivity contribution in [2.75, 3.05) is 9.80 Å². The third-order valence-corrected chi connectivity index (χ3v) is 10.2. The molecule has 0 unspecified atom stereocenters. The highest BCUT2D eigenvalue weighted by atomic mass is 35.5. The van der Waals surface area contributed by atoms with Crippen molar-refractivity contribution in [3.05, 3.63) is 215 Å². The van der Waals surface area contributed by atoms with E-state index in [9.17, 15) is 0 Å². The highest BCUT2D eigenvalue weighted by Crippen LogP contribution is 2.51. The Morgan fingerprint density at radius 1 is 0.264 bits per heavy atom. The number of nitrogens with zero attached hydrogens (tertiary/aromatic N) is 2. The standard InChI is InChI=1S/C48H33Cl3N2/c49-42-30-37(34-16-6-1-7-17-34)26-28-44(42)52(40-22-12-4-13-23-40)46-32-39(36-20-10-3-11-21-36)33-47(48(46)51)53(41-24-14-5-15-25-41)45-29-27-38(31-43(45)50)35-18-8-2-9-19-35/h1-33H. The predicted octanol–water partition coefficient (Wildman–Crippen LogP) is 15.6. The maximum absolute atomic E-state index is 7.75. The zero-order chi connectivity index (χ0) is 36.1. The fourth-order valence-electron chi connectivity index (χ4n) is 6.68. The van der Waals surface area contributed by atoms with Gasteiger partial charge in [-0.25, -0.2) is 0 Å². The lowest BCUT2D eigenvalue weighted by molar-refractivity contribution is 1.25. The molecule has 2 nitrogen and oxygen atoms in total. The molecule has 0 bridgehead atoms. The minimum absolute atomic E-state index is 0.531. The summed E-state index contributed by atoms with van der Waals surface area (Å²) in [5.41, 5.74) is 11.2. The van der Waals surface area contributed by atoms with E-state index in [1.54, 1.807) is 0 Å².